The van der Waals surface area contributed by atoms with E-state index in [-0.39, 0.29) is 11.8 Å². The van der Waals surface area contributed by atoms with Crippen molar-refractivity contribution in [1.82, 2.24) is 4.98 Å². The molecule has 4 rings (SSSR count). The van der Waals surface area contributed by atoms with Crippen LogP contribution in [0.3, 0.4) is 0 Å². The summed E-state index contributed by atoms with van der Waals surface area (Å²) in [5, 5.41) is 2.92. The Hall–Kier alpha value is -2.82. The van der Waals surface area contributed by atoms with Gasteiger partial charge in [-0.25, -0.2) is 4.79 Å². The molecule has 0 saturated heterocycles. The third kappa shape index (κ3) is 3.11. The lowest BCUT2D eigenvalue weighted by molar-refractivity contribution is -0.116. The van der Waals surface area contributed by atoms with Gasteiger partial charge in [-0.15, -0.1) is 0 Å². The fraction of sp³-hybridized carbons (Fsp3) is 0.263. The van der Waals surface area contributed by atoms with Crippen molar-refractivity contribution in [2.45, 2.75) is 25.2 Å². The van der Waals surface area contributed by atoms with E-state index in [0.717, 1.165) is 0 Å². The molecular formula is C19H18N2O3. The fourth-order valence-electron chi connectivity index (χ4n) is 3.20. The molecule has 0 aliphatic heterocycles. The Labute approximate surface area is 138 Å². The minimum absolute atomic E-state index is 0.0130. The molecule has 1 heterocycles. The standard InChI is InChI=1S/C19H18N2O3/c22-18(11-15(13-6-7-13)12-4-2-1-3-5-12)20-14-8-9-17-16(10-14)21-19(23)24-17/h1-5,8-10,13,15H,6-7,11H2,(H,20,22)(H,21,23). The van der Waals surface area contributed by atoms with Gasteiger partial charge in [0.15, 0.2) is 5.58 Å². The van der Waals surface area contributed by atoms with Gasteiger partial charge >= 0.3 is 5.76 Å². The van der Waals surface area contributed by atoms with Crippen LogP contribution in [-0.4, -0.2) is 10.9 Å². The van der Waals surface area contributed by atoms with E-state index in [1.807, 2.05) is 18.2 Å². The molecule has 0 radical (unpaired) electrons. The van der Waals surface area contributed by atoms with Crippen molar-refractivity contribution in [3.05, 3.63) is 64.6 Å². The molecule has 3 aromatic rings. The summed E-state index contributed by atoms with van der Waals surface area (Å²) in [5.74, 6) is 0.363. The average Bonchev–Trinajstić information content (AvgIpc) is 3.34. The van der Waals surface area contributed by atoms with Crippen LogP contribution in [-0.2, 0) is 4.79 Å². The summed E-state index contributed by atoms with van der Waals surface area (Å²) in [6.45, 7) is 0. The number of hydrogen-bond donors (Lipinski definition) is 2. The Kier molecular flexibility index (Phi) is 3.69. The molecule has 1 unspecified atom stereocenters. The van der Waals surface area contributed by atoms with Gasteiger partial charge in [0.2, 0.25) is 5.91 Å². The van der Waals surface area contributed by atoms with Crippen molar-refractivity contribution in [1.29, 1.82) is 0 Å². The molecule has 2 aromatic carbocycles. The van der Waals surface area contributed by atoms with Gasteiger partial charge in [-0.1, -0.05) is 30.3 Å². The first-order valence-corrected chi connectivity index (χ1v) is 8.17. The number of benzene rings is 2. The van der Waals surface area contributed by atoms with Gasteiger partial charge in [0.1, 0.15) is 0 Å². The van der Waals surface area contributed by atoms with Gasteiger partial charge in [-0.05, 0) is 48.4 Å². The number of nitrogens with one attached hydrogen (secondary N) is 2. The molecular weight excluding hydrogens is 304 g/mol. The number of aromatic nitrogens is 1. The molecule has 1 atom stereocenters. The largest absolute Gasteiger partial charge is 0.417 e. The van der Waals surface area contributed by atoms with Crippen molar-refractivity contribution >= 4 is 22.7 Å². The molecule has 0 bridgehead atoms. The quantitative estimate of drug-likeness (QED) is 0.753. The Morgan fingerprint density at radius 3 is 2.75 bits per heavy atom. The minimum Gasteiger partial charge on any atom is -0.408 e. The highest BCUT2D eigenvalue weighted by molar-refractivity contribution is 5.93. The van der Waals surface area contributed by atoms with E-state index in [0.29, 0.717) is 29.1 Å². The number of H-pyrrole nitrogens is 1. The zero-order valence-corrected chi connectivity index (χ0v) is 13.1. The Morgan fingerprint density at radius 2 is 2.00 bits per heavy atom. The van der Waals surface area contributed by atoms with Crippen LogP contribution in [0.15, 0.2) is 57.7 Å². The summed E-state index contributed by atoms with van der Waals surface area (Å²) >= 11 is 0. The normalized spacial score (nSPS) is 15.3. The van der Waals surface area contributed by atoms with Crippen LogP contribution in [0.1, 0.15) is 30.7 Å². The van der Waals surface area contributed by atoms with Crippen LogP contribution in [0.5, 0.6) is 0 Å². The molecule has 2 N–H and O–H groups in total. The lowest BCUT2D eigenvalue weighted by Crippen LogP contribution is -2.16. The second kappa shape index (κ2) is 6.00. The Bertz CT molecular complexity index is 922. The van der Waals surface area contributed by atoms with Crippen LogP contribution in [0.4, 0.5) is 5.69 Å². The van der Waals surface area contributed by atoms with Gasteiger partial charge in [0.25, 0.3) is 0 Å². The molecule has 1 fully saturated rings. The van der Waals surface area contributed by atoms with Crippen LogP contribution in [0, 0.1) is 5.92 Å². The van der Waals surface area contributed by atoms with Crippen LogP contribution in [0.25, 0.3) is 11.1 Å². The van der Waals surface area contributed by atoms with Gasteiger partial charge in [0.05, 0.1) is 5.52 Å². The number of anilines is 1. The summed E-state index contributed by atoms with van der Waals surface area (Å²) in [6.07, 6.45) is 2.85. The van der Waals surface area contributed by atoms with E-state index in [1.54, 1.807) is 18.2 Å². The predicted molar refractivity (Wildman–Crippen MR) is 92.0 cm³/mol. The molecule has 5 nitrogen and oxygen atoms in total. The number of oxazole rings is 1. The highest BCUT2D eigenvalue weighted by Gasteiger charge is 2.33. The topological polar surface area (TPSA) is 75.1 Å². The van der Waals surface area contributed by atoms with E-state index >= 15 is 0 Å². The van der Waals surface area contributed by atoms with Crippen molar-refractivity contribution in [2.24, 2.45) is 5.92 Å². The third-order valence-electron chi connectivity index (χ3n) is 4.53. The SMILES string of the molecule is O=C(CC(c1ccccc1)C1CC1)Nc1ccc2oc(=O)[nH]c2c1. The number of aromatic amines is 1. The lowest BCUT2D eigenvalue weighted by atomic mass is 9.91. The van der Waals surface area contributed by atoms with Crippen molar-refractivity contribution in [3.63, 3.8) is 0 Å². The van der Waals surface area contributed by atoms with Crippen molar-refractivity contribution in [3.8, 4) is 0 Å². The number of fused-ring (bicyclic) bond motifs is 1. The maximum absolute atomic E-state index is 12.5. The number of hydrogen-bond acceptors (Lipinski definition) is 3. The molecule has 1 amide bonds. The maximum atomic E-state index is 12.5. The monoisotopic (exact) mass is 322 g/mol. The second-order valence-corrected chi connectivity index (χ2v) is 6.33. The molecule has 5 heteroatoms. The number of amides is 1. The first-order chi connectivity index (χ1) is 11.7. The summed E-state index contributed by atoms with van der Waals surface area (Å²) in [7, 11) is 0. The number of rotatable bonds is 5. The second-order valence-electron chi connectivity index (χ2n) is 6.33. The highest BCUT2D eigenvalue weighted by Crippen LogP contribution is 2.44. The van der Waals surface area contributed by atoms with Gasteiger partial charge in [-0.2, -0.15) is 0 Å². The van der Waals surface area contributed by atoms with E-state index < -0.39 is 5.76 Å². The fourth-order valence-corrected chi connectivity index (χ4v) is 3.20. The average molecular weight is 322 g/mol. The first kappa shape index (κ1) is 14.8. The summed E-state index contributed by atoms with van der Waals surface area (Å²) in [6, 6.07) is 15.4. The van der Waals surface area contributed by atoms with Crippen LogP contribution < -0.4 is 11.1 Å². The first-order valence-electron chi connectivity index (χ1n) is 8.17. The Balaban J connectivity index is 1.49. The molecule has 1 aliphatic rings. The van der Waals surface area contributed by atoms with Crippen molar-refractivity contribution < 1.29 is 9.21 Å². The van der Waals surface area contributed by atoms with E-state index in [1.165, 1.54) is 18.4 Å². The summed E-state index contributed by atoms with van der Waals surface area (Å²) < 4.78 is 4.97. The zero-order valence-electron chi connectivity index (χ0n) is 13.1. The van der Waals surface area contributed by atoms with Crippen LogP contribution in [0.2, 0.25) is 0 Å². The smallest absolute Gasteiger partial charge is 0.408 e. The maximum Gasteiger partial charge on any atom is 0.417 e. The molecule has 0 spiro atoms. The van der Waals surface area contributed by atoms with Crippen LogP contribution >= 0.6 is 0 Å². The highest BCUT2D eigenvalue weighted by atomic mass is 16.4. The molecule has 1 aromatic heterocycles. The molecule has 24 heavy (non-hydrogen) atoms. The summed E-state index contributed by atoms with van der Waals surface area (Å²) in [4.78, 5) is 26.3. The lowest BCUT2D eigenvalue weighted by Gasteiger charge is -2.16. The van der Waals surface area contributed by atoms with Gasteiger partial charge in [-0.3, -0.25) is 9.78 Å². The minimum atomic E-state index is -0.494. The Morgan fingerprint density at radius 1 is 1.21 bits per heavy atom. The molecule has 1 saturated carbocycles. The molecule has 122 valence electrons. The number of carbonyl (C=O) groups excluding carboxylic acids is 1. The van der Waals surface area contributed by atoms with Gasteiger partial charge < -0.3 is 9.73 Å². The summed E-state index contributed by atoms with van der Waals surface area (Å²) in [5.41, 5.74) is 2.95. The number of carbonyl (C=O) groups is 1. The van der Waals surface area contributed by atoms with E-state index in [2.05, 4.69) is 22.4 Å². The van der Waals surface area contributed by atoms with E-state index in [9.17, 15) is 9.59 Å². The van der Waals surface area contributed by atoms with Crippen molar-refractivity contribution in [2.75, 3.05) is 5.32 Å². The van der Waals surface area contributed by atoms with Gasteiger partial charge in [0, 0.05) is 12.1 Å². The predicted octanol–water partition coefficient (Wildman–Crippen LogP) is 3.64. The molecule has 1 aliphatic carbocycles. The zero-order chi connectivity index (χ0) is 16.5. The third-order valence-corrected chi connectivity index (χ3v) is 4.53. The van der Waals surface area contributed by atoms with E-state index in [4.69, 9.17) is 4.42 Å².